The molecule has 4 rings (SSSR count). The molecule has 0 spiro atoms. The zero-order valence-corrected chi connectivity index (χ0v) is 19.3. The normalized spacial score (nSPS) is 35.7. The van der Waals surface area contributed by atoms with Crippen molar-refractivity contribution in [2.45, 2.75) is 82.3 Å². The van der Waals surface area contributed by atoms with E-state index in [0.717, 1.165) is 58.5 Å². The second kappa shape index (κ2) is 9.89. The minimum Gasteiger partial charge on any atom is -0.444 e. The van der Waals surface area contributed by atoms with Gasteiger partial charge in [0.1, 0.15) is 5.60 Å². The van der Waals surface area contributed by atoms with E-state index in [2.05, 4.69) is 16.1 Å². The van der Waals surface area contributed by atoms with Gasteiger partial charge in [0.25, 0.3) is 0 Å². The van der Waals surface area contributed by atoms with Crippen molar-refractivity contribution in [2.24, 2.45) is 17.6 Å². The summed E-state index contributed by atoms with van der Waals surface area (Å²) in [6.07, 6.45) is 3.95. The average Bonchev–Trinajstić information content (AvgIpc) is 3.19. The number of hydroxylamine groups is 1. The number of likely N-dealkylation sites (tertiary alicyclic amines) is 1. The van der Waals surface area contributed by atoms with Crippen LogP contribution >= 0.6 is 0 Å². The molecule has 31 heavy (non-hydrogen) atoms. The van der Waals surface area contributed by atoms with E-state index in [-0.39, 0.29) is 12.2 Å². The van der Waals surface area contributed by atoms with Gasteiger partial charge in [-0.1, -0.05) is 0 Å². The first-order valence-electron chi connectivity index (χ1n) is 12.0. The molecule has 5 unspecified atom stereocenters. The summed E-state index contributed by atoms with van der Waals surface area (Å²) in [6, 6.07) is 1.55. The third-order valence-electron chi connectivity index (χ3n) is 7.17. The van der Waals surface area contributed by atoms with Gasteiger partial charge in [-0.2, -0.15) is 5.48 Å². The van der Waals surface area contributed by atoms with Crippen LogP contribution in [0.15, 0.2) is 0 Å². The van der Waals surface area contributed by atoms with Gasteiger partial charge in [-0.25, -0.2) is 4.79 Å². The van der Waals surface area contributed by atoms with Gasteiger partial charge in [0.15, 0.2) is 0 Å². The van der Waals surface area contributed by atoms with Gasteiger partial charge < -0.3 is 30.7 Å². The van der Waals surface area contributed by atoms with E-state index in [1.807, 2.05) is 25.7 Å². The summed E-state index contributed by atoms with van der Waals surface area (Å²) in [6.45, 7) is 10.4. The molecule has 0 aromatic heterocycles. The SMILES string of the molecule is CC(C)(C)OC(=O)N1CCC(C2CC(C3CC(NC4COC4)C(CN)CN3)NO2)CC1. The Morgan fingerprint density at radius 1 is 1.19 bits per heavy atom. The standard InChI is InChI=1S/C22H41N5O4/c1-22(2,3)30-21(28)27-6-4-14(5-7-27)20-9-19(26-31-20)18-8-17(15(10-23)11-24-18)25-16-12-29-13-16/h14-20,24-26H,4-13,23H2,1-3H3. The molecule has 4 aliphatic rings. The summed E-state index contributed by atoms with van der Waals surface area (Å²) < 4.78 is 10.8. The highest BCUT2D eigenvalue weighted by Crippen LogP contribution is 2.31. The predicted octanol–water partition coefficient (Wildman–Crippen LogP) is 0.589. The highest BCUT2D eigenvalue weighted by Gasteiger charge is 2.41. The summed E-state index contributed by atoms with van der Waals surface area (Å²) in [5.41, 5.74) is 8.90. The number of carbonyl (C=O) groups excluding carboxylic acids is 1. The van der Waals surface area contributed by atoms with E-state index in [1.54, 1.807) is 0 Å². The first-order valence-corrected chi connectivity index (χ1v) is 12.0. The van der Waals surface area contributed by atoms with Crippen LogP contribution in [-0.2, 0) is 14.3 Å². The third-order valence-corrected chi connectivity index (χ3v) is 7.17. The van der Waals surface area contributed by atoms with E-state index in [1.165, 1.54) is 0 Å². The second-order valence-electron chi connectivity index (χ2n) is 10.7. The number of ether oxygens (including phenoxy) is 2. The van der Waals surface area contributed by atoms with Crippen molar-refractivity contribution < 1.29 is 19.1 Å². The predicted molar refractivity (Wildman–Crippen MR) is 117 cm³/mol. The summed E-state index contributed by atoms with van der Waals surface area (Å²) >= 11 is 0. The molecule has 178 valence electrons. The Bertz CT molecular complexity index is 603. The van der Waals surface area contributed by atoms with Crippen molar-refractivity contribution in [3.8, 4) is 0 Å². The van der Waals surface area contributed by atoms with Gasteiger partial charge in [0, 0.05) is 31.7 Å². The molecular weight excluding hydrogens is 398 g/mol. The molecule has 4 saturated heterocycles. The van der Waals surface area contributed by atoms with Crippen molar-refractivity contribution >= 4 is 6.09 Å². The lowest BCUT2D eigenvalue weighted by atomic mass is 9.82. The number of hydrogen-bond acceptors (Lipinski definition) is 8. The number of rotatable bonds is 5. The molecule has 0 radical (unpaired) electrons. The number of nitrogens with one attached hydrogen (secondary N) is 3. The van der Waals surface area contributed by atoms with Crippen LogP contribution in [0.1, 0.15) is 46.5 Å². The molecule has 4 aliphatic heterocycles. The number of nitrogens with zero attached hydrogens (tertiary/aromatic N) is 1. The minimum absolute atomic E-state index is 0.200. The van der Waals surface area contributed by atoms with Crippen LogP contribution in [0.4, 0.5) is 4.79 Å². The number of piperidine rings is 2. The monoisotopic (exact) mass is 439 g/mol. The van der Waals surface area contributed by atoms with Gasteiger partial charge in [-0.05, 0) is 64.8 Å². The van der Waals surface area contributed by atoms with Crippen LogP contribution < -0.4 is 21.8 Å². The summed E-state index contributed by atoms with van der Waals surface area (Å²) in [4.78, 5) is 20.2. The highest BCUT2D eigenvalue weighted by atomic mass is 16.7. The Hall–Kier alpha value is -0.970. The molecule has 0 saturated carbocycles. The Morgan fingerprint density at radius 2 is 1.94 bits per heavy atom. The molecule has 9 heteroatoms. The molecule has 0 bridgehead atoms. The zero-order chi connectivity index (χ0) is 22.0. The summed E-state index contributed by atoms with van der Waals surface area (Å²) in [5, 5.41) is 7.46. The van der Waals surface area contributed by atoms with Gasteiger partial charge in [-0.15, -0.1) is 0 Å². The minimum atomic E-state index is -0.450. The topological polar surface area (TPSA) is 110 Å². The van der Waals surface area contributed by atoms with Gasteiger partial charge in [-0.3, -0.25) is 4.84 Å². The fourth-order valence-corrected chi connectivity index (χ4v) is 5.22. The van der Waals surface area contributed by atoms with Crippen LogP contribution in [0.5, 0.6) is 0 Å². The van der Waals surface area contributed by atoms with E-state index in [4.69, 9.17) is 20.0 Å². The van der Waals surface area contributed by atoms with E-state index < -0.39 is 5.60 Å². The van der Waals surface area contributed by atoms with E-state index >= 15 is 0 Å². The maximum Gasteiger partial charge on any atom is 0.410 e. The third kappa shape index (κ3) is 5.89. The van der Waals surface area contributed by atoms with Crippen LogP contribution in [0.3, 0.4) is 0 Å². The Labute approximate surface area is 186 Å². The number of amides is 1. The Kier molecular flexibility index (Phi) is 7.40. The van der Waals surface area contributed by atoms with Crippen molar-refractivity contribution in [3.63, 3.8) is 0 Å². The maximum absolute atomic E-state index is 12.3. The largest absolute Gasteiger partial charge is 0.444 e. The molecule has 4 fully saturated rings. The van der Waals surface area contributed by atoms with E-state index in [0.29, 0.717) is 42.5 Å². The Balaban J connectivity index is 1.23. The molecule has 0 aliphatic carbocycles. The lowest BCUT2D eigenvalue weighted by Gasteiger charge is -2.42. The number of nitrogens with two attached hydrogens (primary N) is 1. The lowest BCUT2D eigenvalue weighted by molar-refractivity contribution is -0.0304. The molecule has 5 N–H and O–H groups in total. The molecular formula is C22H41N5O4. The van der Waals surface area contributed by atoms with Crippen LogP contribution in [0.2, 0.25) is 0 Å². The molecule has 4 heterocycles. The zero-order valence-electron chi connectivity index (χ0n) is 19.3. The maximum atomic E-state index is 12.3. The quantitative estimate of drug-likeness (QED) is 0.493. The molecule has 1 amide bonds. The molecule has 0 aromatic rings. The number of carbonyl (C=O) groups is 1. The Morgan fingerprint density at radius 3 is 2.55 bits per heavy atom. The fraction of sp³-hybridized carbons (Fsp3) is 0.955. The van der Waals surface area contributed by atoms with Gasteiger partial charge >= 0.3 is 6.09 Å². The lowest BCUT2D eigenvalue weighted by Crippen LogP contribution is -2.62. The van der Waals surface area contributed by atoms with Crippen LogP contribution in [0, 0.1) is 11.8 Å². The fourth-order valence-electron chi connectivity index (χ4n) is 5.22. The van der Waals surface area contributed by atoms with Crippen LogP contribution in [-0.4, -0.2) is 86.3 Å². The molecule has 0 aromatic carbocycles. The second-order valence-corrected chi connectivity index (χ2v) is 10.7. The van der Waals surface area contributed by atoms with Crippen molar-refractivity contribution in [1.29, 1.82) is 0 Å². The van der Waals surface area contributed by atoms with Crippen molar-refractivity contribution in [3.05, 3.63) is 0 Å². The first kappa shape index (κ1) is 23.2. The van der Waals surface area contributed by atoms with Crippen molar-refractivity contribution in [2.75, 3.05) is 39.4 Å². The van der Waals surface area contributed by atoms with Crippen LogP contribution in [0.25, 0.3) is 0 Å². The summed E-state index contributed by atoms with van der Waals surface area (Å²) in [5.74, 6) is 0.921. The smallest absolute Gasteiger partial charge is 0.410 e. The highest BCUT2D eigenvalue weighted by molar-refractivity contribution is 5.68. The van der Waals surface area contributed by atoms with Gasteiger partial charge in [0.2, 0.25) is 0 Å². The summed E-state index contributed by atoms with van der Waals surface area (Å²) in [7, 11) is 0. The van der Waals surface area contributed by atoms with Crippen molar-refractivity contribution in [1.82, 2.24) is 21.0 Å². The average molecular weight is 440 g/mol. The van der Waals surface area contributed by atoms with E-state index in [9.17, 15) is 4.79 Å². The number of hydrogen-bond donors (Lipinski definition) is 4. The molecule has 9 nitrogen and oxygen atoms in total. The molecule has 5 atom stereocenters. The van der Waals surface area contributed by atoms with Gasteiger partial charge in [0.05, 0.1) is 31.4 Å². The first-order chi connectivity index (χ1) is 14.8.